The first-order valence-electron chi connectivity index (χ1n) is 10.8. The molecular weight excluding hydrogens is 597 g/mol. The van der Waals surface area contributed by atoms with Crippen molar-refractivity contribution in [3.8, 4) is 0 Å². The molecule has 0 aliphatic heterocycles. The first kappa shape index (κ1) is 54.8. The molecule has 0 aliphatic rings. The van der Waals surface area contributed by atoms with E-state index in [4.69, 9.17) is 0 Å². The lowest BCUT2D eigenvalue weighted by Crippen LogP contribution is -1.66. The van der Waals surface area contributed by atoms with Crippen LogP contribution in [0.3, 0.4) is 0 Å². The molecule has 0 fully saturated rings. The fraction of sp³-hybridized carbons (Fsp3) is 0.783. The van der Waals surface area contributed by atoms with E-state index in [2.05, 4.69) is 164 Å². The van der Waals surface area contributed by atoms with Gasteiger partial charge in [-0.15, -0.1) is 0 Å². The Hall–Kier alpha value is 1.10. The molecule has 0 amide bonds. The fourth-order valence-corrected chi connectivity index (χ4v) is 1.50. The summed E-state index contributed by atoms with van der Waals surface area (Å²) in [5, 5.41) is 0. The van der Waals surface area contributed by atoms with Gasteiger partial charge in [0.2, 0.25) is 0 Å². The number of thiocarbonyl (C=S) groups is 10. The Morgan fingerprint density at radius 3 is 0.364 bits per heavy atom. The minimum absolute atomic E-state index is 1.36. The van der Waals surface area contributed by atoms with Crippen LogP contribution in [0.1, 0.15) is 119 Å². The normalized spacial score (nSPS) is 6.12. The zero-order chi connectivity index (χ0) is 28.0. The van der Waals surface area contributed by atoms with Crippen LogP contribution in [0, 0.1) is 0 Å². The van der Waals surface area contributed by atoms with E-state index in [0.29, 0.717) is 0 Å². The van der Waals surface area contributed by atoms with Crippen molar-refractivity contribution in [2.24, 2.45) is 0 Å². The van der Waals surface area contributed by atoms with Gasteiger partial charge in [0.25, 0.3) is 0 Å². The average Bonchev–Trinajstić information content (AvgIpc) is 2.78. The molecule has 0 aromatic rings. The Kier molecular flexibility index (Phi) is 173. The van der Waals surface area contributed by atoms with Gasteiger partial charge in [-0.2, -0.15) is 0 Å². The first-order valence-corrected chi connectivity index (χ1v) is 14.9. The molecule has 0 aliphatic carbocycles. The predicted molar refractivity (Wildman–Crippen MR) is 190 cm³/mol. The van der Waals surface area contributed by atoms with E-state index in [0.717, 1.165) is 0 Å². The van der Waals surface area contributed by atoms with E-state index in [1.807, 2.05) is 21.6 Å². The van der Waals surface area contributed by atoms with E-state index in [-0.39, 0.29) is 0 Å². The topological polar surface area (TPSA) is 0 Å². The highest BCUT2D eigenvalue weighted by molar-refractivity contribution is 7.94. The molecule has 0 heterocycles. The van der Waals surface area contributed by atoms with Gasteiger partial charge in [-0.1, -0.05) is 119 Å². The fourth-order valence-electron chi connectivity index (χ4n) is 1.50. The zero-order valence-corrected chi connectivity index (χ0v) is 29.2. The van der Waals surface area contributed by atoms with Gasteiger partial charge in [-0.25, -0.2) is 0 Å². The van der Waals surface area contributed by atoms with Crippen LogP contribution in [0.25, 0.3) is 0 Å². The van der Waals surface area contributed by atoms with Gasteiger partial charge in [-0.05, 0) is 122 Å². The third-order valence-electron chi connectivity index (χ3n) is 2.87. The van der Waals surface area contributed by atoms with E-state index >= 15 is 0 Å². The monoisotopic (exact) mass is 638 g/mol. The average molecular weight is 639 g/mol. The van der Waals surface area contributed by atoms with Crippen molar-refractivity contribution in [1.82, 2.24) is 0 Å². The van der Waals surface area contributed by atoms with Gasteiger partial charge in [0.15, 0.2) is 0 Å². The van der Waals surface area contributed by atoms with Gasteiger partial charge in [0, 0.05) is 21.6 Å². The SMILES string of the molecule is CCCCCC.CCCCCC.CCCCCC.S=C=S.S=C=S.S=C=S.S=C=S.S=C=S. The van der Waals surface area contributed by atoms with Gasteiger partial charge < -0.3 is 0 Å². The highest BCUT2D eigenvalue weighted by Crippen LogP contribution is 1.96. The summed E-state index contributed by atoms with van der Waals surface area (Å²) < 4.78 is 9.58. The molecule has 0 atom stereocenters. The molecule has 0 rings (SSSR count). The standard InChI is InChI=1S/3C6H14.5CS2/c3*1-3-5-6-4-2;5*2-1-3/h3*3-6H2,1-2H3;;;;;. The quantitative estimate of drug-likeness (QED) is 0.176. The molecule has 0 N–H and O–H groups in total. The number of rotatable bonds is 9. The van der Waals surface area contributed by atoms with E-state index < -0.39 is 0 Å². The van der Waals surface area contributed by atoms with Crippen LogP contribution >= 0.6 is 122 Å². The van der Waals surface area contributed by atoms with Crippen LogP contribution in [0.5, 0.6) is 0 Å². The predicted octanol–water partition coefficient (Wildman–Crippen LogP) is 12.9. The lowest BCUT2D eigenvalue weighted by Gasteiger charge is -1.86. The van der Waals surface area contributed by atoms with Crippen LogP contribution < -0.4 is 0 Å². The minimum Gasteiger partial charge on any atom is -0.0654 e. The molecule has 0 bridgehead atoms. The lowest BCUT2D eigenvalue weighted by atomic mass is 10.2. The van der Waals surface area contributed by atoms with Crippen LogP contribution in [0.2, 0.25) is 0 Å². The van der Waals surface area contributed by atoms with Gasteiger partial charge in [0.05, 0.1) is 0 Å². The molecule has 33 heavy (non-hydrogen) atoms. The van der Waals surface area contributed by atoms with E-state index in [1.54, 1.807) is 0 Å². The molecule has 0 aromatic heterocycles. The number of hydrogen-bond donors (Lipinski definition) is 0. The Morgan fingerprint density at radius 1 is 0.273 bits per heavy atom. The van der Waals surface area contributed by atoms with Crippen molar-refractivity contribution in [2.75, 3.05) is 0 Å². The molecule has 0 nitrogen and oxygen atoms in total. The summed E-state index contributed by atoms with van der Waals surface area (Å²) in [4.78, 5) is 0. The second-order valence-electron chi connectivity index (χ2n) is 5.54. The summed E-state index contributed by atoms with van der Waals surface area (Å²) in [5.41, 5.74) is 0. The molecule has 0 saturated heterocycles. The van der Waals surface area contributed by atoms with Crippen molar-refractivity contribution in [1.29, 1.82) is 0 Å². The number of hydrogen-bond acceptors (Lipinski definition) is 10. The molecule has 0 aromatic carbocycles. The molecule has 0 unspecified atom stereocenters. The highest BCUT2D eigenvalue weighted by atomic mass is 32.1. The maximum Gasteiger partial charge on any atom is 0.0297 e. The smallest absolute Gasteiger partial charge is 0.0297 e. The summed E-state index contributed by atoms with van der Waals surface area (Å²) >= 11 is 39.6. The second-order valence-corrected chi connectivity index (χ2v) is 8.87. The molecule has 0 radical (unpaired) electrons. The van der Waals surface area contributed by atoms with Crippen molar-refractivity contribution >= 4 is 144 Å². The van der Waals surface area contributed by atoms with Crippen molar-refractivity contribution in [2.45, 2.75) is 119 Å². The van der Waals surface area contributed by atoms with Gasteiger partial charge in [-0.3, -0.25) is 0 Å². The van der Waals surface area contributed by atoms with Crippen LogP contribution in [-0.4, -0.2) is 21.6 Å². The Morgan fingerprint density at radius 2 is 0.333 bits per heavy atom. The third kappa shape index (κ3) is 314. The van der Waals surface area contributed by atoms with Crippen LogP contribution in [0.4, 0.5) is 0 Å². The third-order valence-corrected chi connectivity index (χ3v) is 2.87. The van der Waals surface area contributed by atoms with Crippen molar-refractivity contribution in [3.05, 3.63) is 0 Å². The van der Waals surface area contributed by atoms with Crippen LogP contribution in [-0.2, 0) is 0 Å². The lowest BCUT2D eigenvalue weighted by molar-refractivity contribution is 0.702. The first-order chi connectivity index (χ1) is 15.8. The highest BCUT2D eigenvalue weighted by Gasteiger charge is 1.76. The summed E-state index contributed by atoms with van der Waals surface area (Å²) in [6, 6.07) is 0. The Bertz CT molecular complexity index is 331. The Labute approximate surface area is 259 Å². The molecule has 10 heteroatoms. The van der Waals surface area contributed by atoms with Crippen molar-refractivity contribution in [3.63, 3.8) is 0 Å². The molecule has 194 valence electrons. The van der Waals surface area contributed by atoms with Crippen molar-refractivity contribution < 1.29 is 0 Å². The molecule has 0 saturated carbocycles. The summed E-state index contributed by atoms with van der Waals surface area (Å²) in [5.74, 6) is 0. The molecule has 0 spiro atoms. The Balaban J connectivity index is -0.0000000370. The summed E-state index contributed by atoms with van der Waals surface area (Å²) in [6.45, 7) is 13.4. The largest absolute Gasteiger partial charge is 0.0654 e. The number of unbranched alkanes of at least 4 members (excludes halogenated alkanes) is 9. The molecular formula is C23H42S10. The summed E-state index contributed by atoms with van der Waals surface area (Å²) in [7, 11) is 0. The summed E-state index contributed by atoms with van der Waals surface area (Å²) in [6.07, 6.45) is 16.6. The van der Waals surface area contributed by atoms with E-state index in [1.165, 1.54) is 77.0 Å². The van der Waals surface area contributed by atoms with E-state index in [9.17, 15) is 0 Å². The maximum absolute atomic E-state index is 3.96. The zero-order valence-electron chi connectivity index (χ0n) is 21.1. The van der Waals surface area contributed by atoms with Crippen LogP contribution in [0.15, 0.2) is 0 Å². The second kappa shape index (κ2) is 104. The maximum atomic E-state index is 3.96. The van der Waals surface area contributed by atoms with Gasteiger partial charge >= 0.3 is 0 Å². The van der Waals surface area contributed by atoms with Gasteiger partial charge in [0.1, 0.15) is 0 Å². The minimum atomic E-state index is 1.36.